The van der Waals surface area contributed by atoms with Gasteiger partial charge in [-0.1, -0.05) is 20.3 Å². The third kappa shape index (κ3) is 2.74. The highest BCUT2D eigenvalue weighted by Crippen LogP contribution is 2.36. The molecule has 0 bridgehead atoms. The van der Waals surface area contributed by atoms with Crippen molar-refractivity contribution in [2.45, 2.75) is 45.9 Å². The van der Waals surface area contributed by atoms with Gasteiger partial charge in [0.25, 0.3) is 0 Å². The maximum absolute atomic E-state index is 6.46. The van der Waals surface area contributed by atoms with Gasteiger partial charge in [-0.15, -0.1) is 22.9 Å². The second kappa shape index (κ2) is 5.18. The number of rotatable bonds is 4. The van der Waals surface area contributed by atoms with Crippen LogP contribution < -0.4 is 0 Å². The van der Waals surface area contributed by atoms with E-state index in [1.54, 1.807) is 0 Å². The van der Waals surface area contributed by atoms with E-state index in [4.69, 9.17) is 11.6 Å². The first-order valence-corrected chi connectivity index (χ1v) is 6.52. The number of aryl methyl sites for hydroxylation is 2. The second-order valence-corrected chi connectivity index (χ2v) is 5.97. The maximum Gasteiger partial charge on any atom is 0.0621 e. The lowest BCUT2D eigenvalue weighted by Crippen LogP contribution is -2.03. The molecule has 0 spiro atoms. The number of hydrogen-bond donors (Lipinski definition) is 0. The Hall–Kier alpha value is -0.0100. The van der Waals surface area contributed by atoms with Gasteiger partial charge in [-0.25, -0.2) is 0 Å². The van der Waals surface area contributed by atoms with E-state index in [0.29, 0.717) is 5.92 Å². The van der Waals surface area contributed by atoms with E-state index in [-0.39, 0.29) is 5.38 Å². The van der Waals surface area contributed by atoms with E-state index in [9.17, 15) is 0 Å². The molecule has 0 amide bonds. The van der Waals surface area contributed by atoms with Crippen molar-refractivity contribution in [2.75, 3.05) is 0 Å². The summed E-state index contributed by atoms with van der Waals surface area (Å²) in [5.74, 6) is 0.578. The van der Waals surface area contributed by atoms with Gasteiger partial charge in [-0.3, -0.25) is 0 Å². The van der Waals surface area contributed by atoms with Crippen LogP contribution in [-0.4, -0.2) is 0 Å². The molecule has 0 aliphatic rings. The Morgan fingerprint density at radius 2 is 2.07 bits per heavy atom. The van der Waals surface area contributed by atoms with E-state index >= 15 is 0 Å². The lowest BCUT2D eigenvalue weighted by atomic mass is 9.96. The molecular weight excluding hydrogens is 212 g/mol. The van der Waals surface area contributed by atoms with Crippen molar-refractivity contribution in [3.8, 4) is 0 Å². The van der Waals surface area contributed by atoms with Crippen molar-refractivity contribution < 1.29 is 0 Å². The summed E-state index contributed by atoms with van der Waals surface area (Å²) in [5, 5.41) is 0.194. The third-order valence-electron chi connectivity index (χ3n) is 2.62. The van der Waals surface area contributed by atoms with Crippen molar-refractivity contribution in [1.29, 1.82) is 0 Å². The molecule has 14 heavy (non-hydrogen) atoms. The Labute approximate surface area is 96.3 Å². The van der Waals surface area contributed by atoms with Crippen LogP contribution in [0.25, 0.3) is 0 Å². The molecule has 0 saturated carbocycles. The smallest absolute Gasteiger partial charge is 0.0621 e. The lowest BCUT2D eigenvalue weighted by Gasteiger charge is -2.17. The van der Waals surface area contributed by atoms with Gasteiger partial charge in [0.2, 0.25) is 0 Å². The quantitative estimate of drug-likeness (QED) is 0.633. The van der Waals surface area contributed by atoms with E-state index in [2.05, 4.69) is 33.8 Å². The van der Waals surface area contributed by atoms with Crippen LogP contribution in [0, 0.1) is 19.8 Å². The van der Waals surface area contributed by atoms with Gasteiger partial charge in [-0.2, -0.15) is 0 Å². The molecule has 0 saturated heterocycles. The molecule has 0 N–H and O–H groups in total. The molecule has 0 nitrogen and oxygen atoms in total. The van der Waals surface area contributed by atoms with Crippen molar-refractivity contribution in [3.05, 3.63) is 21.4 Å². The zero-order valence-electron chi connectivity index (χ0n) is 9.43. The first kappa shape index (κ1) is 12.1. The monoisotopic (exact) mass is 230 g/mol. The number of thiophene rings is 1. The molecule has 2 heteroatoms. The van der Waals surface area contributed by atoms with Gasteiger partial charge in [0.05, 0.1) is 5.38 Å². The minimum atomic E-state index is 0.194. The molecular formula is C12H19ClS. The normalized spacial score (nSPS) is 15.5. The third-order valence-corrected chi connectivity index (χ3v) is 4.27. The predicted octanol–water partition coefficient (Wildman–Crippen LogP) is 5.08. The Morgan fingerprint density at radius 3 is 2.50 bits per heavy atom. The van der Waals surface area contributed by atoms with Crippen molar-refractivity contribution in [2.24, 2.45) is 5.92 Å². The summed E-state index contributed by atoms with van der Waals surface area (Å²) in [5.41, 5.74) is 1.34. The summed E-state index contributed by atoms with van der Waals surface area (Å²) >= 11 is 8.31. The molecule has 0 radical (unpaired) electrons. The van der Waals surface area contributed by atoms with Gasteiger partial charge < -0.3 is 0 Å². The van der Waals surface area contributed by atoms with Crippen LogP contribution in [-0.2, 0) is 0 Å². The molecule has 80 valence electrons. The zero-order chi connectivity index (χ0) is 10.7. The molecule has 1 heterocycles. The van der Waals surface area contributed by atoms with Crippen LogP contribution in [0.1, 0.15) is 47.4 Å². The van der Waals surface area contributed by atoms with E-state index in [1.807, 2.05) is 11.3 Å². The highest BCUT2D eigenvalue weighted by atomic mass is 35.5. The van der Waals surface area contributed by atoms with Crippen LogP contribution in [0.4, 0.5) is 0 Å². The predicted molar refractivity (Wildman–Crippen MR) is 66.5 cm³/mol. The average molecular weight is 231 g/mol. The van der Waals surface area contributed by atoms with E-state index in [1.165, 1.54) is 28.2 Å². The van der Waals surface area contributed by atoms with Gasteiger partial charge in [0, 0.05) is 9.75 Å². The zero-order valence-corrected chi connectivity index (χ0v) is 11.0. The summed E-state index contributed by atoms with van der Waals surface area (Å²) in [4.78, 5) is 2.75. The Bertz CT molecular complexity index is 291. The van der Waals surface area contributed by atoms with Gasteiger partial charge >= 0.3 is 0 Å². The lowest BCUT2D eigenvalue weighted by molar-refractivity contribution is 0.507. The number of hydrogen-bond acceptors (Lipinski definition) is 1. The van der Waals surface area contributed by atoms with Crippen molar-refractivity contribution in [3.63, 3.8) is 0 Å². The number of alkyl halides is 1. The second-order valence-electron chi connectivity index (χ2n) is 4.04. The SMILES string of the molecule is CCCC(C)C(Cl)c1cc(C)sc1C. The molecule has 0 aliphatic heterocycles. The first-order chi connectivity index (χ1) is 6.56. The molecule has 0 aromatic carbocycles. The first-order valence-electron chi connectivity index (χ1n) is 5.27. The topological polar surface area (TPSA) is 0 Å². The van der Waals surface area contributed by atoms with Gasteiger partial charge in [0.15, 0.2) is 0 Å². The largest absolute Gasteiger partial charge is 0.146 e. The van der Waals surface area contributed by atoms with Crippen LogP contribution in [0.15, 0.2) is 6.07 Å². The van der Waals surface area contributed by atoms with Crippen molar-refractivity contribution in [1.82, 2.24) is 0 Å². The summed E-state index contributed by atoms with van der Waals surface area (Å²) in [7, 11) is 0. The Balaban J connectivity index is 2.77. The fourth-order valence-corrected chi connectivity index (χ4v) is 3.22. The highest BCUT2D eigenvalue weighted by Gasteiger charge is 2.19. The molecule has 1 rings (SSSR count). The minimum absolute atomic E-state index is 0.194. The average Bonchev–Trinajstić information content (AvgIpc) is 2.44. The summed E-state index contributed by atoms with van der Waals surface area (Å²) in [6.45, 7) is 8.77. The van der Waals surface area contributed by atoms with E-state index < -0.39 is 0 Å². The number of halogens is 1. The molecule has 1 aromatic heterocycles. The summed E-state index contributed by atoms with van der Waals surface area (Å²) in [6.07, 6.45) is 2.43. The fourth-order valence-electron chi connectivity index (χ4n) is 1.83. The highest BCUT2D eigenvalue weighted by molar-refractivity contribution is 7.12. The summed E-state index contributed by atoms with van der Waals surface area (Å²) < 4.78 is 0. The van der Waals surface area contributed by atoms with Crippen molar-refractivity contribution >= 4 is 22.9 Å². The molecule has 0 fully saturated rings. The fraction of sp³-hybridized carbons (Fsp3) is 0.667. The summed E-state index contributed by atoms with van der Waals surface area (Å²) in [6, 6.07) is 2.24. The molecule has 2 atom stereocenters. The molecule has 2 unspecified atom stereocenters. The Kier molecular flexibility index (Phi) is 4.46. The van der Waals surface area contributed by atoms with Crippen LogP contribution in [0.2, 0.25) is 0 Å². The molecule has 0 aliphatic carbocycles. The Morgan fingerprint density at radius 1 is 1.43 bits per heavy atom. The van der Waals surface area contributed by atoms with Gasteiger partial charge in [0.1, 0.15) is 0 Å². The van der Waals surface area contributed by atoms with E-state index in [0.717, 1.165) is 0 Å². The van der Waals surface area contributed by atoms with Gasteiger partial charge in [-0.05, 0) is 37.8 Å². The maximum atomic E-state index is 6.46. The van der Waals surface area contributed by atoms with Crippen LogP contribution >= 0.6 is 22.9 Å². The standard InChI is InChI=1S/C12H19ClS/c1-5-6-8(2)12(13)11-7-9(3)14-10(11)4/h7-8,12H,5-6H2,1-4H3. The van der Waals surface area contributed by atoms with Crippen LogP contribution in [0.3, 0.4) is 0 Å². The van der Waals surface area contributed by atoms with Crippen LogP contribution in [0.5, 0.6) is 0 Å². The minimum Gasteiger partial charge on any atom is -0.146 e. The molecule has 1 aromatic rings.